The van der Waals surface area contributed by atoms with Crippen LogP contribution in [0.1, 0.15) is 44.7 Å². The Hall–Kier alpha value is -3.90. The van der Waals surface area contributed by atoms with Gasteiger partial charge in [-0.3, -0.25) is 9.69 Å². The highest BCUT2D eigenvalue weighted by Crippen LogP contribution is 2.38. The molecule has 4 heterocycles. The van der Waals surface area contributed by atoms with Gasteiger partial charge in [0, 0.05) is 50.4 Å². The fourth-order valence-electron chi connectivity index (χ4n) is 5.83. The molecular weight excluding hydrogens is 481 g/mol. The number of pyridine rings is 2. The topological polar surface area (TPSA) is 70.5 Å². The Kier molecular flexibility index (Phi) is 6.07. The molecule has 8 nitrogen and oxygen atoms in total. The smallest absolute Gasteiger partial charge is 0.270 e. The monoisotopic (exact) mass is 511 g/mol. The van der Waals surface area contributed by atoms with E-state index >= 15 is 0 Å². The molecule has 38 heavy (non-hydrogen) atoms. The van der Waals surface area contributed by atoms with Crippen LogP contribution in [-0.2, 0) is 7.05 Å². The van der Waals surface area contributed by atoms with Crippen molar-refractivity contribution in [3.63, 3.8) is 0 Å². The summed E-state index contributed by atoms with van der Waals surface area (Å²) in [6.07, 6.45) is 3.13. The van der Waals surface area contributed by atoms with Crippen molar-refractivity contribution in [1.29, 1.82) is 0 Å². The van der Waals surface area contributed by atoms with Gasteiger partial charge in [0.15, 0.2) is 0 Å². The maximum absolute atomic E-state index is 13.8. The molecule has 1 saturated heterocycles. The third-order valence-corrected chi connectivity index (χ3v) is 8.06. The van der Waals surface area contributed by atoms with E-state index in [4.69, 9.17) is 6.57 Å². The van der Waals surface area contributed by atoms with Crippen molar-refractivity contribution in [2.24, 2.45) is 23.2 Å². The summed E-state index contributed by atoms with van der Waals surface area (Å²) in [4.78, 5) is 25.6. The van der Waals surface area contributed by atoms with Crippen molar-refractivity contribution in [3.05, 3.63) is 75.6 Å². The highest BCUT2D eigenvalue weighted by molar-refractivity contribution is 6.11. The number of anilines is 1. The minimum atomic E-state index is -0.258. The SMILES string of the molecule is [C-]#[N+]c1ccc2c(n1)c(N1C[C@@H](C)N(C(C3=NN=C(C4CC4)C3)c3ccc(F)cc3)C[C@@H]1C)cc(=O)n2C. The van der Waals surface area contributed by atoms with Gasteiger partial charge in [-0.15, -0.1) is 4.98 Å². The van der Waals surface area contributed by atoms with Gasteiger partial charge >= 0.3 is 0 Å². The second kappa shape index (κ2) is 9.44. The van der Waals surface area contributed by atoms with Gasteiger partial charge in [-0.25, -0.2) is 4.39 Å². The van der Waals surface area contributed by atoms with Crippen molar-refractivity contribution >= 4 is 34.0 Å². The summed E-state index contributed by atoms with van der Waals surface area (Å²) in [5, 5.41) is 9.18. The highest BCUT2D eigenvalue weighted by Gasteiger charge is 2.40. The van der Waals surface area contributed by atoms with Crippen molar-refractivity contribution in [2.45, 2.75) is 51.2 Å². The summed E-state index contributed by atoms with van der Waals surface area (Å²) in [6.45, 7) is 13.1. The molecule has 1 saturated carbocycles. The van der Waals surface area contributed by atoms with E-state index in [9.17, 15) is 9.18 Å². The lowest BCUT2D eigenvalue weighted by atomic mass is 9.92. The molecule has 0 radical (unpaired) electrons. The van der Waals surface area contributed by atoms with E-state index < -0.39 is 0 Å². The number of hydrogen-bond acceptors (Lipinski definition) is 6. The lowest BCUT2D eigenvalue weighted by Crippen LogP contribution is -2.58. The van der Waals surface area contributed by atoms with Crippen molar-refractivity contribution in [1.82, 2.24) is 14.5 Å². The first-order valence-electron chi connectivity index (χ1n) is 13.1. The zero-order valence-electron chi connectivity index (χ0n) is 21.8. The van der Waals surface area contributed by atoms with Crippen LogP contribution in [0.25, 0.3) is 15.9 Å². The first-order valence-corrected chi connectivity index (χ1v) is 13.1. The minimum Gasteiger partial charge on any atom is -0.362 e. The van der Waals surface area contributed by atoms with E-state index in [0.717, 1.165) is 23.4 Å². The molecule has 0 amide bonds. The third kappa shape index (κ3) is 4.29. The Balaban J connectivity index is 1.35. The van der Waals surface area contributed by atoms with E-state index in [-0.39, 0.29) is 29.5 Å². The quantitative estimate of drug-likeness (QED) is 0.458. The number of rotatable bonds is 5. The zero-order chi connectivity index (χ0) is 26.6. The second-order valence-corrected chi connectivity index (χ2v) is 10.7. The normalized spacial score (nSPS) is 22.8. The van der Waals surface area contributed by atoms with E-state index in [1.54, 1.807) is 29.8 Å². The van der Waals surface area contributed by atoms with Gasteiger partial charge in [-0.1, -0.05) is 18.7 Å². The Morgan fingerprint density at radius 3 is 2.53 bits per heavy atom. The Morgan fingerprint density at radius 2 is 1.82 bits per heavy atom. The third-order valence-electron chi connectivity index (χ3n) is 8.06. The summed E-state index contributed by atoms with van der Waals surface area (Å²) < 4.78 is 15.4. The molecule has 3 aliphatic rings. The maximum Gasteiger partial charge on any atom is 0.270 e. The molecule has 2 fully saturated rings. The molecule has 6 rings (SSSR count). The van der Waals surface area contributed by atoms with E-state index in [1.807, 2.05) is 12.1 Å². The molecule has 2 aliphatic heterocycles. The van der Waals surface area contributed by atoms with Crippen LogP contribution in [-0.4, -0.2) is 51.0 Å². The number of fused-ring (bicyclic) bond motifs is 1. The maximum atomic E-state index is 13.8. The van der Waals surface area contributed by atoms with E-state index in [1.165, 1.54) is 30.7 Å². The molecule has 194 valence electrons. The standard InChI is InChI=1S/C29H30FN7O/c1-17-16-37(29(20-7-9-21(30)10-8-20)23-13-22(33-34-23)19-5-6-19)18(2)15-36(17)25-14-27(38)35(4)24-11-12-26(31-3)32-28(24)25/h7-12,14,17-19,29H,5-6,13,15-16H2,1-2,4H3/t17-,18+,29?/m0/s1. The molecule has 1 aliphatic carbocycles. The highest BCUT2D eigenvalue weighted by atomic mass is 19.1. The lowest BCUT2D eigenvalue weighted by Gasteiger charge is -2.48. The minimum absolute atomic E-state index is 0.0497. The molecule has 0 bridgehead atoms. The predicted molar refractivity (Wildman–Crippen MR) is 148 cm³/mol. The van der Waals surface area contributed by atoms with Crippen molar-refractivity contribution in [3.8, 4) is 0 Å². The molecule has 1 unspecified atom stereocenters. The van der Waals surface area contributed by atoms with Gasteiger partial charge < -0.3 is 14.3 Å². The predicted octanol–water partition coefficient (Wildman–Crippen LogP) is 4.87. The van der Waals surface area contributed by atoms with Gasteiger partial charge in [0.2, 0.25) is 5.52 Å². The lowest BCUT2D eigenvalue weighted by molar-refractivity contribution is 0.142. The van der Waals surface area contributed by atoms with Crippen molar-refractivity contribution in [2.75, 3.05) is 18.0 Å². The fraction of sp³-hybridized carbons (Fsp3) is 0.414. The number of aryl methyl sites for hydroxylation is 1. The van der Waals surface area contributed by atoms with Crippen LogP contribution in [0.2, 0.25) is 0 Å². The van der Waals surface area contributed by atoms with Gasteiger partial charge in [0.05, 0.1) is 23.0 Å². The van der Waals surface area contributed by atoms with E-state index in [0.29, 0.717) is 35.9 Å². The molecular formula is C29H30FN7O. The summed E-state index contributed by atoms with van der Waals surface area (Å²) in [7, 11) is 1.73. The average Bonchev–Trinajstić information content (AvgIpc) is 3.66. The van der Waals surface area contributed by atoms with Gasteiger partial charge in [-0.05, 0) is 62.4 Å². The summed E-state index contributed by atoms with van der Waals surface area (Å²) in [5.74, 6) is 0.602. The van der Waals surface area contributed by atoms with Gasteiger partial charge in [-0.2, -0.15) is 10.2 Å². The van der Waals surface area contributed by atoms with Crippen LogP contribution in [0.3, 0.4) is 0 Å². The summed E-state index contributed by atoms with van der Waals surface area (Å²) >= 11 is 0. The molecule has 1 aromatic carbocycles. The number of nitrogens with zero attached hydrogens (tertiary/aromatic N) is 7. The van der Waals surface area contributed by atoms with Gasteiger partial charge in [0.1, 0.15) is 5.82 Å². The van der Waals surface area contributed by atoms with Crippen LogP contribution in [0.4, 0.5) is 15.9 Å². The molecule has 3 atom stereocenters. The van der Waals surface area contributed by atoms with E-state index in [2.05, 4.69) is 43.7 Å². The number of benzene rings is 1. The van der Waals surface area contributed by atoms with Gasteiger partial charge in [0.25, 0.3) is 11.4 Å². The average molecular weight is 512 g/mol. The number of piperazine rings is 1. The first-order chi connectivity index (χ1) is 18.3. The molecule has 9 heteroatoms. The summed E-state index contributed by atoms with van der Waals surface area (Å²) in [6, 6.07) is 11.8. The number of hydrogen-bond donors (Lipinski definition) is 0. The summed E-state index contributed by atoms with van der Waals surface area (Å²) in [5.41, 5.74) is 5.19. The Labute approximate surface area is 220 Å². The molecule has 2 aromatic heterocycles. The van der Waals surface area contributed by atoms with Crippen LogP contribution < -0.4 is 10.5 Å². The fourth-order valence-corrected chi connectivity index (χ4v) is 5.83. The van der Waals surface area contributed by atoms with Crippen LogP contribution in [0, 0.1) is 18.3 Å². The molecule has 0 N–H and O–H groups in total. The number of aromatic nitrogens is 2. The largest absolute Gasteiger partial charge is 0.362 e. The van der Waals surface area contributed by atoms with Crippen LogP contribution >= 0.6 is 0 Å². The Morgan fingerprint density at radius 1 is 1.05 bits per heavy atom. The zero-order valence-corrected chi connectivity index (χ0v) is 21.8. The van der Waals surface area contributed by atoms with Crippen LogP contribution in [0.5, 0.6) is 0 Å². The Bertz CT molecular complexity index is 1560. The van der Waals surface area contributed by atoms with Crippen molar-refractivity contribution < 1.29 is 4.39 Å². The molecule has 3 aromatic rings. The molecule has 0 spiro atoms. The first kappa shape index (κ1) is 24.4. The van der Waals surface area contributed by atoms with Crippen LogP contribution in [0.15, 0.2) is 57.5 Å². The number of halogens is 1. The second-order valence-electron chi connectivity index (χ2n) is 10.7.